The van der Waals surface area contributed by atoms with Crippen molar-refractivity contribution in [2.75, 3.05) is 0 Å². The largest absolute Gasteiger partial charge is 0.458 e. The molecule has 0 spiro atoms. The Kier molecular flexibility index (Phi) is 12.9. The van der Waals surface area contributed by atoms with Gasteiger partial charge in [0.2, 0.25) is 0 Å². The minimum atomic E-state index is -0.0791. The first-order chi connectivity index (χ1) is 12.3. The van der Waals surface area contributed by atoms with Gasteiger partial charge in [-0.25, -0.2) is 0 Å². The van der Waals surface area contributed by atoms with Gasteiger partial charge in [-0.1, -0.05) is 73.8 Å². The summed E-state index contributed by atoms with van der Waals surface area (Å²) in [5.41, 5.74) is 0. The average Bonchev–Trinajstić information content (AvgIpc) is 3.03. The van der Waals surface area contributed by atoms with Gasteiger partial charge in [-0.3, -0.25) is 4.79 Å². The number of carbonyl (C=O) groups excluding carboxylic acids is 1. The molecule has 0 aromatic heterocycles. The second-order valence-corrected chi connectivity index (χ2v) is 5.94. The molecule has 0 aliphatic carbocycles. The van der Waals surface area contributed by atoms with Crippen molar-refractivity contribution < 1.29 is 9.53 Å². The molecule has 0 bridgehead atoms. The highest BCUT2D eigenvalue weighted by Crippen LogP contribution is 2.14. The Labute approximate surface area is 153 Å². The Morgan fingerprint density at radius 2 is 1.20 bits per heavy atom. The molecule has 1 unspecified atom stereocenters. The lowest BCUT2D eigenvalue weighted by atomic mass is 10.2. The first kappa shape index (κ1) is 21.0. The van der Waals surface area contributed by atoms with Crippen LogP contribution < -0.4 is 0 Å². The maximum Gasteiger partial charge on any atom is 0.306 e. The molecule has 0 amide bonds. The summed E-state index contributed by atoms with van der Waals surface area (Å²) in [7, 11) is 0. The van der Waals surface area contributed by atoms with Gasteiger partial charge in [0.15, 0.2) is 0 Å². The van der Waals surface area contributed by atoms with E-state index in [0.29, 0.717) is 6.42 Å². The summed E-state index contributed by atoms with van der Waals surface area (Å²) >= 11 is 0. The van der Waals surface area contributed by atoms with Crippen molar-refractivity contribution >= 4 is 5.97 Å². The molecule has 0 aromatic carbocycles. The second-order valence-electron chi connectivity index (χ2n) is 5.94. The van der Waals surface area contributed by atoms with Crippen molar-refractivity contribution in [3.63, 3.8) is 0 Å². The van der Waals surface area contributed by atoms with Crippen LogP contribution in [0.15, 0.2) is 72.9 Å². The van der Waals surface area contributed by atoms with Crippen LogP contribution in [-0.2, 0) is 9.53 Å². The number of esters is 1. The average molecular weight is 341 g/mol. The quantitative estimate of drug-likeness (QED) is 0.304. The highest BCUT2D eigenvalue weighted by atomic mass is 16.5. The van der Waals surface area contributed by atoms with E-state index in [4.69, 9.17) is 4.74 Å². The van der Waals surface area contributed by atoms with Gasteiger partial charge in [-0.2, -0.15) is 0 Å². The van der Waals surface area contributed by atoms with E-state index in [2.05, 4.69) is 73.8 Å². The minimum Gasteiger partial charge on any atom is -0.458 e. The maximum absolute atomic E-state index is 10.9. The zero-order valence-electron chi connectivity index (χ0n) is 15.5. The van der Waals surface area contributed by atoms with E-state index < -0.39 is 0 Å². The summed E-state index contributed by atoms with van der Waals surface area (Å²) in [4.78, 5) is 10.9. The van der Waals surface area contributed by atoms with Crippen molar-refractivity contribution in [1.82, 2.24) is 0 Å². The van der Waals surface area contributed by atoms with E-state index in [1.54, 1.807) is 0 Å². The Bertz CT molecular complexity index is 518. The van der Waals surface area contributed by atoms with Crippen LogP contribution in [0.5, 0.6) is 0 Å². The molecule has 1 aliphatic rings. The Morgan fingerprint density at radius 1 is 0.760 bits per heavy atom. The number of rotatable bonds is 12. The van der Waals surface area contributed by atoms with Crippen LogP contribution in [0.4, 0.5) is 0 Å². The molecule has 0 radical (unpaired) electrons. The number of cyclic esters (lactones) is 1. The fraction of sp³-hybridized carbons (Fsp3) is 0.435. The van der Waals surface area contributed by atoms with Crippen LogP contribution in [0.1, 0.15) is 58.3 Å². The summed E-state index contributed by atoms with van der Waals surface area (Å²) in [6.07, 6.45) is 33.4. The van der Waals surface area contributed by atoms with Crippen LogP contribution in [0.3, 0.4) is 0 Å². The third kappa shape index (κ3) is 12.9. The SMILES string of the molecule is CC/C=C\C/C=C\C/C=C\C/C=C\C/C=C\C/C=C/C1CCC(=O)O1. The first-order valence-corrected chi connectivity index (χ1v) is 9.44. The summed E-state index contributed by atoms with van der Waals surface area (Å²) in [5.74, 6) is -0.0791. The van der Waals surface area contributed by atoms with E-state index in [-0.39, 0.29) is 12.1 Å². The number of allylic oxidation sites excluding steroid dienone is 11. The maximum atomic E-state index is 10.9. The van der Waals surface area contributed by atoms with Crippen molar-refractivity contribution in [2.45, 2.75) is 64.4 Å². The van der Waals surface area contributed by atoms with E-state index >= 15 is 0 Å². The predicted octanol–water partition coefficient (Wildman–Crippen LogP) is 6.39. The fourth-order valence-corrected chi connectivity index (χ4v) is 2.34. The normalized spacial score (nSPS) is 19.1. The Morgan fingerprint density at radius 3 is 1.60 bits per heavy atom. The monoisotopic (exact) mass is 340 g/mol. The van der Waals surface area contributed by atoms with E-state index in [9.17, 15) is 4.79 Å². The van der Waals surface area contributed by atoms with Gasteiger partial charge in [0.25, 0.3) is 0 Å². The van der Waals surface area contributed by atoms with Crippen molar-refractivity contribution in [3.05, 3.63) is 72.9 Å². The third-order valence-corrected chi connectivity index (χ3v) is 3.70. The van der Waals surface area contributed by atoms with Gasteiger partial charge < -0.3 is 4.74 Å². The molecular formula is C23H32O2. The Hall–Kier alpha value is -2.09. The van der Waals surface area contributed by atoms with Crippen LogP contribution in [-0.4, -0.2) is 12.1 Å². The number of ether oxygens (including phenoxy) is 1. The van der Waals surface area contributed by atoms with Gasteiger partial charge >= 0.3 is 5.97 Å². The zero-order valence-corrected chi connectivity index (χ0v) is 15.5. The lowest BCUT2D eigenvalue weighted by Gasteiger charge is -2.00. The van der Waals surface area contributed by atoms with Gasteiger partial charge in [-0.15, -0.1) is 0 Å². The molecule has 1 rings (SSSR count). The molecule has 1 saturated heterocycles. The highest BCUT2D eigenvalue weighted by molar-refractivity contribution is 5.71. The van der Waals surface area contributed by atoms with E-state index in [1.165, 1.54) is 0 Å². The molecule has 25 heavy (non-hydrogen) atoms. The van der Waals surface area contributed by atoms with Gasteiger partial charge in [0, 0.05) is 6.42 Å². The molecular weight excluding hydrogens is 308 g/mol. The third-order valence-electron chi connectivity index (χ3n) is 3.70. The first-order valence-electron chi connectivity index (χ1n) is 9.44. The molecule has 0 N–H and O–H groups in total. The summed E-state index contributed by atoms with van der Waals surface area (Å²) in [5, 5.41) is 0. The van der Waals surface area contributed by atoms with Crippen molar-refractivity contribution in [1.29, 1.82) is 0 Å². The molecule has 1 atom stereocenters. The second kappa shape index (κ2) is 15.4. The molecule has 0 aromatic rings. The number of hydrogen-bond donors (Lipinski definition) is 0. The molecule has 0 saturated carbocycles. The van der Waals surface area contributed by atoms with E-state index in [0.717, 1.165) is 44.9 Å². The lowest BCUT2D eigenvalue weighted by Crippen LogP contribution is -2.01. The lowest BCUT2D eigenvalue weighted by molar-refractivity contribution is -0.139. The van der Waals surface area contributed by atoms with Gasteiger partial charge in [-0.05, 0) is 51.0 Å². The molecule has 1 fully saturated rings. The van der Waals surface area contributed by atoms with Crippen LogP contribution in [0.25, 0.3) is 0 Å². The number of carbonyl (C=O) groups is 1. The smallest absolute Gasteiger partial charge is 0.306 e. The van der Waals surface area contributed by atoms with Crippen molar-refractivity contribution in [2.24, 2.45) is 0 Å². The van der Waals surface area contributed by atoms with Crippen LogP contribution >= 0.6 is 0 Å². The highest BCUT2D eigenvalue weighted by Gasteiger charge is 2.19. The molecule has 1 heterocycles. The van der Waals surface area contributed by atoms with Gasteiger partial charge in [0.05, 0.1) is 0 Å². The predicted molar refractivity (Wildman–Crippen MR) is 107 cm³/mol. The zero-order chi connectivity index (χ0) is 18.0. The van der Waals surface area contributed by atoms with E-state index in [1.807, 2.05) is 6.08 Å². The molecule has 2 heteroatoms. The summed E-state index contributed by atoms with van der Waals surface area (Å²) in [6, 6.07) is 0. The van der Waals surface area contributed by atoms with Crippen molar-refractivity contribution in [3.8, 4) is 0 Å². The topological polar surface area (TPSA) is 26.3 Å². The molecule has 2 nitrogen and oxygen atoms in total. The molecule has 1 aliphatic heterocycles. The fourth-order valence-electron chi connectivity index (χ4n) is 2.34. The van der Waals surface area contributed by atoms with Crippen LogP contribution in [0, 0.1) is 0 Å². The van der Waals surface area contributed by atoms with Gasteiger partial charge in [0.1, 0.15) is 6.10 Å². The number of hydrogen-bond acceptors (Lipinski definition) is 2. The van der Waals surface area contributed by atoms with Crippen LogP contribution in [0.2, 0.25) is 0 Å². The summed E-state index contributed by atoms with van der Waals surface area (Å²) in [6.45, 7) is 2.15. The standard InChI is InChI=1S/C23H32O2/c1-2-3-4-5-6-7-8-9-10-11-12-13-14-15-16-17-18-19-22-20-21-23(24)25-22/h3-4,6-7,9-10,12-13,15-16,18-19,22H,2,5,8,11,14,17,20-21H2,1H3/b4-3-,7-6-,10-9-,13-12-,16-15-,19-18+. The molecule has 136 valence electrons. The minimum absolute atomic E-state index is 0.00441. The Balaban J connectivity index is 1.96. The summed E-state index contributed by atoms with van der Waals surface area (Å²) < 4.78 is 5.12.